The van der Waals surface area contributed by atoms with E-state index in [0.29, 0.717) is 0 Å². The van der Waals surface area contributed by atoms with E-state index in [0.717, 1.165) is 0 Å². The smallest absolute Gasteiger partial charge is 0.270 e. The molecule has 0 aliphatic heterocycles. The van der Waals surface area contributed by atoms with Gasteiger partial charge in [-0.1, -0.05) is 11.6 Å². The SMILES string of the molecule is CN(C)CC(=O)c1cc([N+](=O)[O-])ccc1Cl. The van der Waals surface area contributed by atoms with Crippen molar-refractivity contribution in [1.29, 1.82) is 0 Å². The summed E-state index contributed by atoms with van der Waals surface area (Å²) in [6.07, 6.45) is 0. The van der Waals surface area contributed by atoms with Gasteiger partial charge in [-0.05, 0) is 20.2 Å². The van der Waals surface area contributed by atoms with Crippen LogP contribution < -0.4 is 0 Å². The van der Waals surface area contributed by atoms with Gasteiger partial charge in [-0.3, -0.25) is 14.9 Å². The third-order valence-electron chi connectivity index (χ3n) is 1.92. The van der Waals surface area contributed by atoms with Crippen LogP contribution in [0.15, 0.2) is 18.2 Å². The lowest BCUT2D eigenvalue weighted by Crippen LogP contribution is -2.22. The Bertz CT molecular complexity index is 432. The van der Waals surface area contributed by atoms with Gasteiger partial charge in [-0.15, -0.1) is 0 Å². The fraction of sp³-hybridized carbons (Fsp3) is 0.300. The fourth-order valence-electron chi connectivity index (χ4n) is 1.21. The summed E-state index contributed by atoms with van der Waals surface area (Å²) in [4.78, 5) is 23.4. The van der Waals surface area contributed by atoms with Crippen LogP contribution in [0.5, 0.6) is 0 Å². The minimum atomic E-state index is -0.553. The molecule has 1 rings (SSSR count). The van der Waals surface area contributed by atoms with Crippen molar-refractivity contribution in [2.75, 3.05) is 20.6 Å². The molecule has 0 saturated carbocycles. The van der Waals surface area contributed by atoms with Crippen LogP contribution in [-0.2, 0) is 0 Å². The number of Topliss-reactive ketones (excluding diaryl/α,β-unsaturated/α-hetero) is 1. The summed E-state index contributed by atoms with van der Waals surface area (Å²) in [7, 11) is 3.48. The molecule has 5 nitrogen and oxygen atoms in total. The maximum atomic E-state index is 11.7. The van der Waals surface area contributed by atoms with Crippen LogP contribution in [0.25, 0.3) is 0 Å². The first-order valence-corrected chi connectivity index (χ1v) is 4.91. The number of nitro groups is 1. The number of halogens is 1. The molecular weight excluding hydrogens is 232 g/mol. The Morgan fingerprint density at radius 1 is 1.50 bits per heavy atom. The molecule has 0 unspecified atom stereocenters. The maximum absolute atomic E-state index is 11.7. The normalized spacial score (nSPS) is 10.5. The average molecular weight is 243 g/mol. The Kier molecular flexibility index (Phi) is 3.98. The number of non-ortho nitro benzene ring substituents is 1. The highest BCUT2D eigenvalue weighted by Gasteiger charge is 2.15. The standard InChI is InChI=1S/C10H11ClN2O3/c1-12(2)6-10(14)8-5-7(13(15)16)3-4-9(8)11/h3-5H,6H2,1-2H3. The highest BCUT2D eigenvalue weighted by molar-refractivity contribution is 6.34. The van der Waals surface area contributed by atoms with Gasteiger partial charge in [0.1, 0.15) is 0 Å². The van der Waals surface area contributed by atoms with Crippen LogP contribution in [0.4, 0.5) is 5.69 Å². The molecule has 0 saturated heterocycles. The minimum absolute atomic E-state index is 0.133. The molecule has 1 aromatic rings. The second kappa shape index (κ2) is 5.05. The second-order valence-electron chi connectivity index (χ2n) is 3.58. The Hall–Kier alpha value is -1.46. The van der Waals surface area contributed by atoms with E-state index in [1.165, 1.54) is 18.2 Å². The van der Waals surface area contributed by atoms with Crippen molar-refractivity contribution in [3.05, 3.63) is 38.9 Å². The lowest BCUT2D eigenvalue weighted by Gasteiger charge is -2.09. The van der Waals surface area contributed by atoms with Crippen molar-refractivity contribution in [3.63, 3.8) is 0 Å². The van der Waals surface area contributed by atoms with Gasteiger partial charge in [-0.2, -0.15) is 0 Å². The van der Waals surface area contributed by atoms with Crippen molar-refractivity contribution in [3.8, 4) is 0 Å². The van der Waals surface area contributed by atoms with Gasteiger partial charge in [-0.25, -0.2) is 0 Å². The number of nitro benzene ring substituents is 1. The topological polar surface area (TPSA) is 63.5 Å². The van der Waals surface area contributed by atoms with E-state index in [-0.39, 0.29) is 28.6 Å². The number of nitrogens with zero attached hydrogens (tertiary/aromatic N) is 2. The maximum Gasteiger partial charge on any atom is 0.270 e. The van der Waals surface area contributed by atoms with Crippen molar-refractivity contribution in [2.45, 2.75) is 0 Å². The molecule has 0 spiro atoms. The number of rotatable bonds is 4. The van der Waals surface area contributed by atoms with Gasteiger partial charge in [0.2, 0.25) is 0 Å². The summed E-state index contributed by atoms with van der Waals surface area (Å²) in [5.74, 6) is -0.237. The van der Waals surface area contributed by atoms with E-state index in [1.54, 1.807) is 19.0 Å². The van der Waals surface area contributed by atoms with Crippen LogP contribution in [0.2, 0.25) is 5.02 Å². The molecule has 6 heteroatoms. The van der Waals surface area contributed by atoms with Crippen molar-refractivity contribution < 1.29 is 9.72 Å². The zero-order valence-corrected chi connectivity index (χ0v) is 9.69. The summed E-state index contributed by atoms with van der Waals surface area (Å²) < 4.78 is 0. The summed E-state index contributed by atoms with van der Waals surface area (Å²) in [6.45, 7) is 0.168. The number of hydrogen-bond donors (Lipinski definition) is 0. The summed E-state index contributed by atoms with van der Waals surface area (Å²) >= 11 is 5.82. The molecule has 0 fully saturated rings. The highest BCUT2D eigenvalue weighted by Crippen LogP contribution is 2.22. The second-order valence-corrected chi connectivity index (χ2v) is 3.99. The third-order valence-corrected chi connectivity index (χ3v) is 2.25. The molecule has 0 aliphatic rings. The molecule has 0 heterocycles. The number of ketones is 1. The molecule has 86 valence electrons. The van der Waals surface area contributed by atoms with Gasteiger partial charge in [0, 0.05) is 17.7 Å². The van der Waals surface area contributed by atoms with Crippen molar-refractivity contribution in [2.24, 2.45) is 0 Å². The van der Waals surface area contributed by atoms with Gasteiger partial charge < -0.3 is 4.90 Å². The molecule has 16 heavy (non-hydrogen) atoms. The number of benzene rings is 1. The van der Waals surface area contributed by atoms with Gasteiger partial charge >= 0.3 is 0 Å². The summed E-state index contributed by atoms with van der Waals surface area (Å²) in [5, 5.41) is 10.8. The molecule has 0 aromatic heterocycles. The molecule has 0 atom stereocenters. The number of hydrogen-bond acceptors (Lipinski definition) is 4. The molecule has 0 radical (unpaired) electrons. The Morgan fingerprint density at radius 2 is 2.12 bits per heavy atom. The fourth-order valence-corrected chi connectivity index (χ4v) is 1.44. The first-order valence-electron chi connectivity index (χ1n) is 4.53. The quantitative estimate of drug-likeness (QED) is 0.460. The first kappa shape index (κ1) is 12.6. The summed E-state index contributed by atoms with van der Waals surface area (Å²) in [5.41, 5.74) is 0.0519. The lowest BCUT2D eigenvalue weighted by atomic mass is 10.1. The van der Waals surface area contributed by atoms with E-state index in [4.69, 9.17) is 11.6 Å². The monoisotopic (exact) mass is 242 g/mol. The highest BCUT2D eigenvalue weighted by atomic mass is 35.5. The Morgan fingerprint density at radius 3 is 2.62 bits per heavy atom. The van der Waals surface area contributed by atoms with Gasteiger partial charge in [0.15, 0.2) is 5.78 Å². The van der Waals surface area contributed by atoms with E-state index in [1.807, 2.05) is 0 Å². The zero-order chi connectivity index (χ0) is 12.3. The Balaban J connectivity index is 3.07. The van der Waals surface area contributed by atoms with E-state index in [2.05, 4.69) is 0 Å². The summed E-state index contributed by atoms with van der Waals surface area (Å²) in [6, 6.07) is 3.84. The molecule has 0 bridgehead atoms. The molecular formula is C10H11ClN2O3. The van der Waals surface area contributed by atoms with Crippen LogP contribution in [0, 0.1) is 10.1 Å². The van der Waals surface area contributed by atoms with Crippen LogP contribution >= 0.6 is 11.6 Å². The third kappa shape index (κ3) is 3.01. The minimum Gasteiger partial charge on any atom is -0.302 e. The van der Waals surface area contributed by atoms with E-state index < -0.39 is 4.92 Å². The van der Waals surface area contributed by atoms with E-state index in [9.17, 15) is 14.9 Å². The molecule has 0 aliphatic carbocycles. The van der Waals surface area contributed by atoms with Crippen LogP contribution in [0.1, 0.15) is 10.4 Å². The zero-order valence-electron chi connectivity index (χ0n) is 8.94. The Labute approximate surface area is 97.8 Å². The first-order chi connectivity index (χ1) is 7.41. The van der Waals surface area contributed by atoms with Crippen molar-refractivity contribution >= 4 is 23.1 Å². The van der Waals surface area contributed by atoms with E-state index >= 15 is 0 Å². The number of carbonyl (C=O) groups is 1. The van der Waals surface area contributed by atoms with Crippen molar-refractivity contribution in [1.82, 2.24) is 4.90 Å². The number of carbonyl (C=O) groups excluding carboxylic acids is 1. The molecule has 1 aromatic carbocycles. The molecule has 0 N–H and O–H groups in total. The van der Waals surface area contributed by atoms with Gasteiger partial charge in [0.05, 0.1) is 16.5 Å². The average Bonchev–Trinajstić information content (AvgIpc) is 2.16. The largest absolute Gasteiger partial charge is 0.302 e. The van der Waals surface area contributed by atoms with Crippen LogP contribution in [-0.4, -0.2) is 36.2 Å². The molecule has 0 amide bonds. The lowest BCUT2D eigenvalue weighted by molar-refractivity contribution is -0.384. The predicted octanol–water partition coefficient (Wildman–Crippen LogP) is 1.99. The predicted molar refractivity (Wildman–Crippen MR) is 61.0 cm³/mol. The van der Waals surface area contributed by atoms with Crippen LogP contribution in [0.3, 0.4) is 0 Å². The van der Waals surface area contributed by atoms with Gasteiger partial charge in [0.25, 0.3) is 5.69 Å². The number of likely N-dealkylation sites (N-methyl/N-ethyl adjacent to an activating group) is 1.